The van der Waals surface area contributed by atoms with Crippen molar-refractivity contribution in [1.82, 2.24) is 0 Å². The number of thioether (sulfide) groups is 1. The predicted octanol–water partition coefficient (Wildman–Crippen LogP) is 3.43. The molecule has 0 aliphatic heterocycles. The van der Waals surface area contributed by atoms with Gasteiger partial charge in [0.1, 0.15) is 0 Å². The van der Waals surface area contributed by atoms with Crippen LogP contribution in [0.15, 0.2) is 0 Å². The molecular formula is C9H15F3OS. The van der Waals surface area contributed by atoms with Crippen molar-refractivity contribution in [2.24, 2.45) is 0 Å². The van der Waals surface area contributed by atoms with Gasteiger partial charge in [0, 0.05) is 19.1 Å². The van der Waals surface area contributed by atoms with Gasteiger partial charge >= 0.3 is 0 Å². The summed E-state index contributed by atoms with van der Waals surface area (Å²) in [4.78, 5) is 10.5. The van der Waals surface area contributed by atoms with Crippen molar-refractivity contribution in [3.63, 3.8) is 0 Å². The minimum Gasteiger partial charge on any atom is -0.288 e. The van der Waals surface area contributed by atoms with E-state index >= 15 is 0 Å². The molecule has 1 unspecified atom stereocenters. The third kappa shape index (κ3) is 5.52. The minimum absolute atomic E-state index is 0.0967. The maximum Gasteiger partial charge on any atom is 0.278 e. The monoisotopic (exact) mass is 228 g/mol. The number of carbonyl (C=O) groups excluding carboxylic acids is 1. The van der Waals surface area contributed by atoms with Crippen LogP contribution in [0.2, 0.25) is 0 Å². The van der Waals surface area contributed by atoms with Gasteiger partial charge < -0.3 is 0 Å². The van der Waals surface area contributed by atoms with Gasteiger partial charge in [0.2, 0.25) is 0 Å². The average molecular weight is 228 g/mol. The topological polar surface area (TPSA) is 17.1 Å². The Labute approximate surface area is 86.4 Å². The molecule has 0 fully saturated rings. The van der Waals surface area contributed by atoms with Crippen molar-refractivity contribution < 1.29 is 18.0 Å². The van der Waals surface area contributed by atoms with E-state index in [-0.39, 0.29) is 18.0 Å². The second kappa shape index (κ2) is 6.32. The van der Waals surface area contributed by atoms with E-state index in [0.29, 0.717) is 5.75 Å². The largest absolute Gasteiger partial charge is 0.288 e. The third-order valence-corrected chi connectivity index (χ3v) is 2.68. The molecule has 1 nitrogen and oxygen atoms in total. The Bertz CT molecular complexity index is 185. The lowest BCUT2D eigenvalue weighted by Gasteiger charge is -2.19. The van der Waals surface area contributed by atoms with Crippen molar-refractivity contribution in [3.05, 3.63) is 0 Å². The van der Waals surface area contributed by atoms with Gasteiger partial charge in [-0.3, -0.25) is 4.79 Å². The van der Waals surface area contributed by atoms with E-state index in [0.717, 1.165) is 11.8 Å². The van der Waals surface area contributed by atoms with Gasteiger partial charge in [-0.1, -0.05) is 18.7 Å². The van der Waals surface area contributed by atoms with E-state index in [1.54, 1.807) is 0 Å². The first-order valence-corrected chi connectivity index (χ1v) is 5.54. The summed E-state index contributed by atoms with van der Waals surface area (Å²) >= 11 is 0.997. The Balaban J connectivity index is 3.70. The van der Waals surface area contributed by atoms with Crippen LogP contribution in [0.4, 0.5) is 13.2 Å². The number of carbonyl (C=O) groups is 1. The number of hydrogen-bond donors (Lipinski definition) is 0. The first kappa shape index (κ1) is 13.8. The second-order valence-corrected chi connectivity index (χ2v) is 4.35. The molecule has 0 amide bonds. The summed E-state index contributed by atoms with van der Waals surface area (Å²) in [6, 6.07) is 0. The maximum atomic E-state index is 12.9. The van der Waals surface area contributed by atoms with Gasteiger partial charge in [0.05, 0.1) is 0 Å². The highest BCUT2D eigenvalue weighted by Crippen LogP contribution is 2.29. The van der Waals surface area contributed by atoms with E-state index in [1.807, 2.05) is 0 Å². The zero-order chi connectivity index (χ0) is 11.2. The molecule has 5 heteroatoms. The van der Waals surface area contributed by atoms with Crippen molar-refractivity contribution in [2.75, 3.05) is 5.75 Å². The number of hydrogen-bond acceptors (Lipinski definition) is 2. The molecule has 0 bridgehead atoms. The first-order valence-electron chi connectivity index (χ1n) is 4.55. The molecule has 0 aliphatic rings. The summed E-state index contributed by atoms with van der Waals surface area (Å²) < 4.78 is 38.4. The standard InChI is InChI=1S/C9H15F3OS/c1-3-8(10)9(11,12)5-4-6-14-7(2)13/h8H,3-6H2,1-2H3. The molecule has 0 radical (unpaired) electrons. The molecule has 0 rings (SSSR count). The third-order valence-electron chi connectivity index (χ3n) is 1.78. The zero-order valence-electron chi connectivity index (χ0n) is 8.36. The summed E-state index contributed by atoms with van der Waals surface area (Å²) in [6.07, 6.45) is -2.56. The van der Waals surface area contributed by atoms with Gasteiger partial charge in [-0.15, -0.1) is 0 Å². The Morgan fingerprint density at radius 2 is 2.07 bits per heavy atom. The van der Waals surface area contributed by atoms with Crippen molar-refractivity contribution in [1.29, 1.82) is 0 Å². The highest BCUT2D eigenvalue weighted by atomic mass is 32.2. The molecule has 0 N–H and O–H groups in total. The van der Waals surface area contributed by atoms with E-state index in [9.17, 15) is 18.0 Å². The predicted molar refractivity (Wildman–Crippen MR) is 52.5 cm³/mol. The summed E-state index contributed by atoms with van der Waals surface area (Å²) in [6.45, 7) is 2.77. The van der Waals surface area contributed by atoms with E-state index in [1.165, 1.54) is 13.8 Å². The summed E-state index contributed by atoms with van der Waals surface area (Å²) in [7, 11) is 0. The van der Waals surface area contributed by atoms with Crippen LogP contribution in [0.5, 0.6) is 0 Å². The van der Waals surface area contributed by atoms with Crippen LogP contribution >= 0.6 is 11.8 Å². The molecular weight excluding hydrogens is 213 g/mol. The fourth-order valence-electron chi connectivity index (χ4n) is 0.979. The molecule has 0 spiro atoms. The minimum atomic E-state index is -3.24. The lowest BCUT2D eigenvalue weighted by atomic mass is 10.1. The molecule has 0 heterocycles. The highest BCUT2D eigenvalue weighted by Gasteiger charge is 2.37. The molecule has 0 aromatic heterocycles. The summed E-state index contributed by atoms with van der Waals surface area (Å²) in [5.41, 5.74) is 0. The SMILES string of the molecule is CCC(F)C(F)(F)CCCSC(C)=O. The smallest absolute Gasteiger partial charge is 0.278 e. The molecule has 14 heavy (non-hydrogen) atoms. The van der Waals surface area contributed by atoms with Gasteiger partial charge in [-0.2, -0.15) is 0 Å². The van der Waals surface area contributed by atoms with Crippen molar-refractivity contribution in [2.45, 2.75) is 45.2 Å². The van der Waals surface area contributed by atoms with E-state index in [2.05, 4.69) is 0 Å². The Morgan fingerprint density at radius 3 is 2.50 bits per heavy atom. The highest BCUT2D eigenvalue weighted by molar-refractivity contribution is 8.13. The van der Waals surface area contributed by atoms with Crippen LogP contribution in [-0.4, -0.2) is 23.0 Å². The molecule has 0 aromatic rings. The van der Waals surface area contributed by atoms with Crippen LogP contribution in [0.25, 0.3) is 0 Å². The molecule has 0 saturated carbocycles. The van der Waals surface area contributed by atoms with Gasteiger partial charge in [-0.05, 0) is 12.8 Å². The lowest BCUT2D eigenvalue weighted by Crippen LogP contribution is -2.29. The normalized spacial score (nSPS) is 14.1. The van der Waals surface area contributed by atoms with Crippen LogP contribution in [0.1, 0.15) is 33.1 Å². The van der Waals surface area contributed by atoms with Gasteiger partial charge in [0.25, 0.3) is 5.92 Å². The van der Waals surface area contributed by atoms with Crippen molar-refractivity contribution in [3.8, 4) is 0 Å². The van der Waals surface area contributed by atoms with Gasteiger partial charge in [0.15, 0.2) is 11.3 Å². The molecule has 0 saturated heterocycles. The Kier molecular flexibility index (Phi) is 6.24. The summed E-state index contributed by atoms with van der Waals surface area (Å²) in [5, 5.41) is -0.0967. The maximum absolute atomic E-state index is 12.9. The van der Waals surface area contributed by atoms with Crippen LogP contribution in [0.3, 0.4) is 0 Å². The quantitative estimate of drug-likeness (QED) is 0.648. The Hall–Kier alpha value is -0.190. The Morgan fingerprint density at radius 1 is 1.50 bits per heavy atom. The second-order valence-electron chi connectivity index (χ2n) is 3.08. The van der Waals surface area contributed by atoms with Crippen LogP contribution in [-0.2, 0) is 4.79 Å². The van der Waals surface area contributed by atoms with Crippen LogP contribution in [0, 0.1) is 0 Å². The number of alkyl halides is 3. The first-order chi connectivity index (χ1) is 6.40. The number of rotatable bonds is 6. The number of halogens is 3. The molecule has 1 atom stereocenters. The van der Waals surface area contributed by atoms with Gasteiger partial charge in [-0.25, -0.2) is 13.2 Å². The molecule has 0 aromatic carbocycles. The summed E-state index contributed by atoms with van der Waals surface area (Å²) in [5.74, 6) is -2.91. The molecule has 0 aliphatic carbocycles. The zero-order valence-corrected chi connectivity index (χ0v) is 9.17. The van der Waals surface area contributed by atoms with E-state index in [4.69, 9.17) is 0 Å². The van der Waals surface area contributed by atoms with Crippen LogP contribution < -0.4 is 0 Å². The fourth-order valence-corrected chi connectivity index (χ4v) is 1.56. The fraction of sp³-hybridized carbons (Fsp3) is 0.889. The van der Waals surface area contributed by atoms with Crippen molar-refractivity contribution >= 4 is 16.9 Å². The van der Waals surface area contributed by atoms with E-state index < -0.39 is 18.5 Å². The average Bonchev–Trinajstić information content (AvgIpc) is 2.10. The molecule has 84 valence electrons. The lowest BCUT2D eigenvalue weighted by molar-refractivity contribution is -0.109.